The molecule has 0 spiro atoms. The number of carbonyl (C=O) groups is 1. The first-order chi connectivity index (χ1) is 10.7. The van der Waals surface area contributed by atoms with E-state index in [9.17, 15) is 4.79 Å². The molecule has 3 heteroatoms. The standard InChI is InChI=1S/C19H22N2O/c1-21(14-15-8-4-2-5-9-15)18(16-10-6-3-7-11-16)19(22)20-17-12-13-17/h2-11,17-18H,12-14H2,1H3,(H,20,22)/t18-/m1/s1. The minimum atomic E-state index is -0.248. The number of hydrogen-bond acceptors (Lipinski definition) is 2. The zero-order chi connectivity index (χ0) is 15.4. The Labute approximate surface area is 132 Å². The second-order valence-corrected chi connectivity index (χ2v) is 6.00. The summed E-state index contributed by atoms with van der Waals surface area (Å²) in [7, 11) is 2.01. The number of amides is 1. The van der Waals surface area contributed by atoms with Gasteiger partial charge in [-0.3, -0.25) is 9.69 Å². The van der Waals surface area contributed by atoms with Crippen LogP contribution in [0.15, 0.2) is 60.7 Å². The Morgan fingerprint density at radius 1 is 1.09 bits per heavy atom. The predicted molar refractivity (Wildman–Crippen MR) is 88.3 cm³/mol. The van der Waals surface area contributed by atoms with E-state index in [-0.39, 0.29) is 11.9 Å². The third kappa shape index (κ3) is 3.74. The lowest BCUT2D eigenvalue weighted by atomic mass is 10.0. The van der Waals surface area contributed by atoms with Crippen molar-refractivity contribution in [3.63, 3.8) is 0 Å². The van der Waals surface area contributed by atoms with Gasteiger partial charge < -0.3 is 5.32 Å². The summed E-state index contributed by atoms with van der Waals surface area (Å²) in [6.07, 6.45) is 2.21. The van der Waals surface area contributed by atoms with Gasteiger partial charge in [-0.25, -0.2) is 0 Å². The first kappa shape index (κ1) is 14.8. The van der Waals surface area contributed by atoms with E-state index >= 15 is 0 Å². The summed E-state index contributed by atoms with van der Waals surface area (Å²) in [5, 5.41) is 3.14. The Balaban J connectivity index is 1.79. The van der Waals surface area contributed by atoms with E-state index in [1.165, 1.54) is 5.56 Å². The summed E-state index contributed by atoms with van der Waals surface area (Å²) in [4.78, 5) is 14.8. The highest BCUT2D eigenvalue weighted by Gasteiger charge is 2.30. The van der Waals surface area contributed by atoms with Gasteiger partial charge in [0.2, 0.25) is 5.91 Å². The van der Waals surface area contributed by atoms with Gasteiger partial charge in [0.05, 0.1) is 0 Å². The van der Waals surface area contributed by atoms with E-state index in [1.54, 1.807) is 0 Å². The highest BCUT2D eigenvalue weighted by molar-refractivity contribution is 5.83. The van der Waals surface area contributed by atoms with Crippen molar-refractivity contribution in [1.82, 2.24) is 10.2 Å². The third-order valence-corrected chi connectivity index (χ3v) is 4.00. The normalized spacial score (nSPS) is 15.5. The number of nitrogens with zero attached hydrogens (tertiary/aromatic N) is 1. The molecule has 1 saturated carbocycles. The number of hydrogen-bond donors (Lipinski definition) is 1. The molecule has 1 N–H and O–H groups in total. The highest BCUT2D eigenvalue weighted by atomic mass is 16.2. The number of nitrogens with one attached hydrogen (secondary N) is 1. The fourth-order valence-electron chi connectivity index (χ4n) is 2.71. The van der Waals surface area contributed by atoms with E-state index in [1.807, 2.05) is 55.6 Å². The van der Waals surface area contributed by atoms with E-state index in [4.69, 9.17) is 0 Å². The van der Waals surface area contributed by atoms with Crippen LogP contribution in [-0.2, 0) is 11.3 Å². The average Bonchev–Trinajstić information content (AvgIpc) is 3.33. The highest BCUT2D eigenvalue weighted by Crippen LogP contribution is 2.25. The zero-order valence-corrected chi connectivity index (χ0v) is 12.9. The molecule has 3 rings (SSSR count). The largest absolute Gasteiger partial charge is 0.352 e. The summed E-state index contributed by atoms with van der Waals surface area (Å²) in [6, 6.07) is 20.4. The number of carbonyl (C=O) groups excluding carboxylic acids is 1. The van der Waals surface area contributed by atoms with Crippen LogP contribution < -0.4 is 5.32 Å². The van der Waals surface area contributed by atoms with E-state index < -0.39 is 0 Å². The van der Waals surface area contributed by atoms with Gasteiger partial charge in [0, 0.05) is 12.6 Å². The molecule has 1 amide bonds. The smallest absolute Gasteiger partial charge is 0.242 e. The van der Waals surface area contributed by atoms with E-state index in [0.29, 0.717) is 6.04 Å². The Hall–Kier alpha value is -2.13. The molecule has 0 bridgehead atoms. The van der Waals surface area contributed by atoms with Gasteiger partial charge >= 0.3 is 0 Å². The first-order valence-electron chi connectivity index (χ1n) is 7.83. The van der Waals surface area contributed by atoms with E-state index in [2.05, 4.69) is 22.3 Å². The summed E-state index contributed by atoms with van der Waals surface area (Å²) < 4.78 is 0. The number of benzene rings is 2. The minimum absolute atomic E-state index is 0.104. The van der Waals surface area contributed by atoms with Gasteiger partial charge in [0.15, 0.2) is 0 Å². The predicted octanol–water partition coefficient (Wildman–Crippen LogP) is 3.14. The minimum Gasteiger partial charge on any atom is -0.352 e. The van der Waals surface area contributed by atoms with Crippen molar-refractivity contribution >= 4 is 5.91 Å². The van der Waals surface area contributed by atoms with Gasteiger partial charge in [-0.15, -0.1) is 0 Å². The van der Waals surface area contributed by atoms with Crippen LogP contribution in [0.1, 0.15) is 30.0 Å². The average molecular weight is 294 g/mol. The fraction of sp³-hybridized carbons (Fsp3) is 0.316. The van der Waals surface area contributed by atoms with Crippen LogP contribution >= 0.6 is 0 Å². The van der Waals surface area contributed by atoms with Gasteiger partial charge in [-0.05, 0) is 31.0 Å². The second kappa shape index (κ2) is 6.75. The SMILES string of the molecule is CN(Cc1ccccc1)[C@@H](C(=O)NC1CC1)c1ccccc1. The molecule has 1 fully saturated rings. The molecule has 2 aromatic rings. The molecule has 1 aliphatic rings. The van der Waals surface area contributed by atoms with Crippen LogP contribution in [0.3, 0.4) is 0 Å². The molecule has 0 aromatic heterocycles. The molecular weight excluding hydrogens is 272 g/mol. The first-order valence-corrected chi connectivity index (χ1v) is 7.83. The van der Waals surface area contributed by atoms with Crippen molar-refractivity contribution in [3.8, 4) is 0 Å². The van der Waals surface area contributed by atoms with Crippen LogP contribution in [0.25, 0.3) is 0 Å². The van der Waals surface area contributed by atoms with Crippen molar-refractivity contribution in [2.75, 3.05) is 7.05 Å². The van der Waals surface area contributed by atoms with Crippen molar-refractivity contribution in [3.05, 3.63) is 71.8 Å². The maximum Gasteiger partial charge on any atom is 0.242 e. The summed E-state index contributed by atoms with van der Waals surface area (Å²) in [6.45, 7) is 0.748. The maximum absolute atomic E-state index is 12.7. The molecule has 22 heavy (non-hydrogen) atoms. The monoisotopic (exact) mass is 294 g/mol. The van der Waals surface area contributed by atoms with Crippen LogP contribution in [0, 0.1) is 0 Å². The molecule has 0 heterocycles. The van der Waals surface area contributed by atoms with Crippen LogP contribution in [0.4, 0.5) is 0 Å². The summed E-state index contributed by atoms with van der Waals surface area (Å²) in [5.74, 6) is 0.104. The van der Waals surface area contributed by atoms with Crippen LogP contribution in [0.5, 0.6) is 0 Å². The van der Waals surface area contributed by atoms with Crippen molar-refractivity contribution in [2.24, 2.45) is 0 Å². The molecule has 0 radical (unpaired) electrons. The van der Waals surface area contributed by atoms with Gasteiger partial charge in [-0.1, -0.05) is 60.7 Å². The summed E-state index contributed by atoms with van der Waals surface area (Å²) in [5.41, 5.74) is 2.25. The van der Waals surface area contributed by atoms with Crippen LogP contribution in [0.2, 0.25) is 0 Å². The molecule has 2 aromatic carbocycles. The molecule has 1 aliphatic carbocycles. The molecule has 3 nitrogen and oxygen atoms in total. The molecular formula is C19H22N2O. The Morgan fingerprint density at radius 3 is 2.27 bits per heavy atom. The quantitative estimate of drug-likeness (QED) is 0.887. The third-order valence-electron chi connectivity index (χ3n) is 4.00. The Bertz CT molecular complexity index is 608. The van der Waals surface area contributed by atoms with Gasteiger partial charge in [0.25, 0.3) is 0 Å². The Morgan fingerprint density at radius 2 is 1.68 bits per heavy atom. The van der Waals surface area contributed by atoms with Crippen molar-refractivity contribution in [2.45, 2.75) is 31.5 Å². The second-order valence-electron chi connectivity index (χ2n) is 6.00. The zero-order valence-electron chi connectivity index (χ0n) is 12.9. The topological polar surface area (TPSA) is 32.3 Å². The molecule has 1 atom stereocenters. The number of likely N-dealkylation sites (N-methyl/N-ethyl adjacent to an activating group) is 1. The van der Waals surface area contributed by atoms with Crippen molar-refractivity contribution in [1.29, 1.82) is 0 Å². The van der Waals surface area contributed by atoms with Crippen molar-refractivity contribution < 1.29 is 4.79 Å². The maximum atomic E-state index is 12.7. The van der Waals surface area contributed by atoms with Gasteiger partial charge in [-0.2, -0.15) is 0 Å². The summed E-state index contributed by atoms with van der Waals surface area (Å²) >= 11 is 0. The Kier molecular flexibility index (Phi) is 4.54. The fourth-order valence-corrected chi connectivity index (χ4v) is 2.71. The lowest BCUT2D eigenvalue weighted by Crippen LogP contribution is -2.39. The molecule has 0 aliphatic heterocycles. The van der Waals surface area contributed by atoms with Crippen LogP contribution in [-0.4, -0.2) is 23.9 Å². The lowest BCUT2D eigenvalue weighted by molar-refractivity contribution is -0.126. The molecule has 0 unspecified atom stereocenters. The molecule has 114 valence electrons. The number of rotatable bonds is 6. The van der Waals surface area contributed by atoms with E-state index in [0.717, 1.165) is 24.9 Å². The molecule has 0 saturated heterocycles. The van der Waals surface area contributed by atoms with Gasteiger partial charge in [0.1, 0.15) is 6.04 Å². The lowest BCUT2D eigenvalue weighted by Gasteiger charge is -2.27.